The van der Waals surface area contributed by atoms with Gasteiger partial charge in [0.15, 0.2) is 0 Å². The molecule has 0 atom stereocenters. The van der Waals surface area contributed by atoms with Crippen LogP contribution in [0.2, 0.25) is 5.02 Å². The first-order valence-corrected chi connectivity index (χ1v) is 7.76. The number of halogens is 2. The van der Waals surface area contributed by atoms with Gasteiger partial charge in [0.1, 0.15) is 5.82 Å². The van der Waals surface area contributed by atoms with Crippen LogP contribution in [0.15, 0.2) is 42.5 Å². The average Bonchev–Trinajstić information content (AvgIpc) is 2.51. The number of benzene rings is 2. The molecule has 2 aromatic rings. The maximum absolute atomic E-state index is 13.0. The van der Waals surface area contributed by atoms with Crippen LogP contribution in [0.25, 0.3) is 0 Å². The second-order valence-electron chi connectivity index (χ2n) is 5.49. The highest BCUT2D eigenvalue weighted by Crippen LogP contribution is 2.17. The lowest BCUT2D eigenvalue weighted by molar-refractivity contribution is 0.0657. The minimum Gasteiger partial charge on any atom is -0.374 e. The van der Waals surface area contributed by atoms with Gasteiger partial charge in [-0.25, -0.2) is 4.39 Å². The van der Waals surface area contributed by atoms with Gasteiger partial charge in [-0.2, -0.15) is 0 Å². The first-order chi connectivity index (χ1) is 11.0. The number of carbonyl (C=O) groups is 1. The third kappa shape index (κ3) is 5.34. The molecule has 2 aromatic carbocycles. The van der Waals surface area contributed by atoms with Crippen LogP contribution < -0.4 is 5.32 Å². The fraction of sp³-hybridized carbons (Fsp3) is 0.278. The first-order valence-electron chi connectivity index (χ1n) is 7.38. The molecule has 0 aliphatic heterocycles. The SMILES string of the molecule is CC(C)OCc1cccc(CNC(=O)c2ccc(F)cc2Cl)c1. The van der Waals surface area contributed by atoms with Gasteiger partial charge < -0.3 is 10.1 Å². The van der Waals surface area contributed by atoms with Crippen molar-refractivity contribution in [2.75, 3.05) is 0 Å². The van der Waals surface area contributed by atoms with E-state index < -0.39 is 5.82 Å². The Kier molecular flexibility index (Phi) is 6.13. The van der Waals surface area contributed by atoms with E-state index in [-0.39, 0.29) is 22.6 Å². The van der Waals surface area contributed by atoms with Crippen LogP contribution >= 0.6 is 11.6 Å². The number of carbonyl (C=O) groups excluding carboxylic acids is 1. The van der Waals surface area contributed by atoms with E-state index in [4.69, 9.17) is 16.3 Å². The molecule has 0 radical (unpaired) electrons. The summed E-state index contributed by atoms with van der Waals surface area (Å²) in [5, 5.41) is 2.88. The monoisotopic (exact) mass is 335 g/mol. The molecular weight excluding hydrogens is 317 g/mol. The van der Waals surface area contributed by atoms with E-state index in [0.717, 1.165) is 17.2 Å². The van der Waals surface area contributed by atoms with Crippen LogP contribution in [0.3, 0.4) is 0 Å². The second kappa shape index (κ2) is 8.09. The van der Waals surface area contributed by atoms with Crippen molar-refractivity contribution in [3.05, 3.63) is 70.0 Å². The number of hydrogen-bond acceptors (Lipinski definition) is 2. The summed E-state index contributed by atoms with van der Waals surface area (Å²) in [5.74, 6) is -0.803. The van der Waals surface area contributed by atoms with Crippen molar-refractivity contribution in [3.63, 3.8) is 0 Å². The van der Waals surface area contributed by atoms with Gasteiger partial charge in [0, 0.05) is 6.54 Å². The largest absolute Gasteiger partial charge is 0.374 e. The van der Waals surface area contributed by atoms with Gasteiger partial charge in [-0.1, -0.05) is 35.9 Å². The molecule has 0 aromatic heterocycles. The normalized spacial score (nSPS) is 10.8. The lowest BCUT2D eigenvalue weighted by Crippen LogP contribution is -2.23. The van der Waals surface area contributed by atoms with E-state index in [1.54, 1.807) is 0 Å². The highest BCUT2D eigenvalue weighted by Gasteiger charge is 2.10. The predicted octanol–water partition coefficient (Wildman–Crippen LogP) is 4.33. The maximum atomic E-state index is 13.0. The summed E-state index contributed by atoms with van der Waals surface area (Å²) in [7, 11) is 0. The molecule has 5 heteroatoms. The zero-order chi connectivity index (χ0) is 16.8. The molecule has 122 valence electrons. The molecule has 0 fully saturated rings. The fourth-order valence-electron chi connectivity index (χ4n) is 2.04. The molecule has 0 saturated heterocycles. The van der Waals surface area contributed by atoms with Gasteiger partial charge in [-0.15, -0.1) is 0 Å². The summed E-state index contributed by atoms with van der Waals surface area (Å²) in [4.78, 5) is 12.1. The second-order valence-corrected chi connectivity index (χ2v) is 5.89. The Morgan fingerprint density at radius 3 is 2.65 bits per heavy atom. The van der Waals surface area contributed by atoms with Gasteiger partial charge in [0.05, 0.1) is 23.3 Å². The maximum Gasteiger partial charge on any atom is 0.253 e. The minimum atomic E-state index is -0.468. The van der Waals surface area contributed by atoms with E-state index in [1.807, 2.05) is 38.1 Å². The van der Waals surface area contributed by atoms with E-state index in [1.165, 1.54) is 12.1 Å². The Hall–Kier alpha value is -1.91. The zero-order valence-corrected chi connectivity index (χ0v) is 13.9. The van der Waals surface area contributed by atoms with Crippen molar-refractivity contribution in [2.45, 2.75) is 33.1 Å². The fourth-order valence-corrected chi connectivity index (χ4v) is 2.30. The van der Waals surface area contributed by atoms with Crippen LogP contribution in [-0.4, -0.2) is 12.0 Å². The van der Waals surface area contributed by atoms with Crippen LogP contribution in [0.5, 0.6) is 0 Å². The molecule has 3 nitrogen and oxygen atoms in total. The van der Waals surface area contributed by atoms with E-state index in [0.29, 0.717) is 13.2 Å². The molecule has 23 heavy (non-hydrogen) atoms. The van der Waals surface area contributed by atoms with Crippen LogP contribution in [0.4, 0.5) is 4.39 Å². The molecule has 2 rings (SSSR count). The summed E-state index contributed by atoms with van der Waals surface area (Å²) in [5.41, 5.74) is 2.26. The summed E-state index contributed by atoms with van der Waals surface area (Å²) in [6, 6.07) is 11.5. The molecule has 1 amide bonds. The number of rotatable bonds is 6. The molecule has 0 aliphatic carbocycles. The molecule has 0 spiro atoms. The molecule has 1 N–H and O–H groups in total. The van der Waals surface area contributed by atoms with Crippen molar-refractivity contribution < 1.29 is 13.9 Å². The smallest absolute Gasteiger partial charge is 0.253 e. The summed E-state index contributed by atoms with van der Waals surface area (Å²) >= 11 is 5.88. The number of amides is 1. The van der Waals surface area contributed by atoms with Gasteiger partial charge in [-0.05, 0) is 43.2 Å². The van der Waals surface area contributed by atoms with Crippen molar-refractivity contribution >= 4 is 17.5 Å². The number of ether oxygens (including phenoxy) is 1. The van der Waals surface area contributed by atoms with Crippen molar-refractivity contribution in [1.82, 2.24) is 5.32 Å². The first kappa shape index (κ1) is 17.4. The standard InChI is InChI=1S/C18H19ClFNO2/c1-12(2)23-11-14-5-3-4-13(8-14)10-21-18(22)16-7-6-15(20)9-17(16)19/h3-9,12H,10-11H2,1-2H3,(H,21,22). The molecule has 0 bridgehead atoms. The van der Waals surface area contributed by atoms with Gasteiger partial charge in [0.2, 0.25) is 0 Å². The van der Waals surface area contributed by atoms with Crippen molar-refractivity contribution in [3.8, 4) is 0 Å². The Balaban J connectivity index is 1.97. The predicted molar refractivity (Wildman–Crippen MR) is 88.9 cm³/mol. The number of nitrogens with one attached hydrogen (secondary N) is 1. The zero-order valence-electron chi connectivity index (χ0n) is 13.1. The average molecular weight is 336 g/mol. The number of hydrogen-bond donors (Lipinski definition) is 1. The Morgan fingerprint density at radius 1 is 1.22 bits per heavy atom. The molecule has 0 unspecified atom stereocenters. The molecular formula is C18H19ClFNO2. The highest BCUT2D eigenvalue weighted by atomic mass is 35.5. The summed E-state index contributed by atoms with van der Waals surface area (Å²) in [6.07, 6.45) is 0.166. The third-order valence-corrected chi connectivity index (χ3v) is 3.52. The van der Waals surface area contributed by atoms with Crippen LogP contribution in [0.1, 0.15) is 35.3 Å². The minimum absolute atomic E-state index is 0.0987. The van der Waals surface area contributed by atoms with Gasteiger partial charge >= 0.3 is 0 Å². The topological polar surface area (TPSA) is 38.3 Å². The highest BCUT2D eigenvalue weighted by molar-refractivity contribution is 6.33. The van der Waals surface area contributed by atoms with Gasteiger partial charge in [-0.3, -0.25) is 4.79 Å². The molecule has 0 saturated carbocycles. The lowest BCUT2D eigenvalue weighted by Gasteiger charge is -2.10. The van der Waals surface area contributed by atoms with Crippen molar-refractivity contribution in [1.29, 1.82) is 0 Å². The summed E-state index contributed by atoms with van der Waals surface area (Å²) in [6.45, 7) is 4.86. The quantitative estimate of drug-likeness (QED) is 0.853. The Bertz CT molecular complexity index is 688. The lowest BCUT2D eigenvalue weighted by atomic mass is 10.1. The summed E-state index contributed by atoms with van der Waals surface area (Å²) < 4.78 is 18.6. The van der Waals surface area contributed by atoms with Gasteiger partial charge in [0.25, 0.3) is 5.91 Å². The molecule has 0 heterocycles. The van der Waals surface area contributed by atoms with E-state index in [9.17, 15) is 9.18 Å². The third-order valence-electron chi connectivity index (χ3n) is 3.20. The molecule has 0 aliphatic rings. The Morgan fingerprint density at radius 2 is 1.96 bits per heavy atom. The Labute approximate surface area is 140 Å². The van der Waals surface area contributed by atoms with E-state index >= 15 is 0 Å². The van der Waals surface area contributed by atoms with E-state index in [2.05, 4.69) is 5.32 Å². The van der Waals surface area contributed by atoms with Crippen LogP contribution in [-0.2, 0) is 17.9 Å². The van der Waals surface area contributed by atoms with Crippen molar-refractivity contribution in [2.24, 2.45) is 0 Å². The van der Waals surface area contributed by atoms with Crippen LogP contribution in [0, 0.1) is 5.82 Å².